The molecule has 0 bridgehead atoms. The molecule has 4 unspecified atom stereocenters. The van der Waals surface area contributed by atoms with E-state index in [4.69, 9.17) is 9.47 Å². The minimum atomic E-state index is -2.81. The van der Waals surface area contributed by atoms with Crippen LogP contribution in [0.5, 0.6) is 0 Å². The fraction of sp³-hybridized carbons (Fsp3) is 1.00. The van der Waals surface area contributed by atoms with E-state index in [-0.39, 0.29) is 5.92 Å². The van der Waals surface area contributed by atoms with Gasteiger partial charge in [0.05, 0.1) is 30.3 Å². The normalized spacial score (nSPS) is 33.3. The van der Waals surface area contributed by atoms with Gasteiger partial charge >= 0.3 is 0 Å². The molecule has 0 aromatic carbocycles. The second kappa shape index (κ2) is 7.90. The number of rotatable bonds is 8. The van der Waals surface area contributed by atoms with Crippen molar-refractivity contribution in [1.29, 1.82) is 0 Å². The molecule has 21 heavy (non-hydrogen) atoms. The molecule has 6 heteroatoms. The van der Waals surface area contributed by atoms with Gasteiger partial charge in [-0.1, -0.05) is 0 Å². The molecule has 0 aliphatic carbocycles. The Kier molecular flexibility index (Phi) is 6.47. The SMILES string of the molecule is COCCNCC(CC1CCC(C)O1)C1CCS(=O)(=O)C1. The van der Waals surface area contributed by atoms with Crippen molar-refractivity contribution < 1.29 is 17.9 Å². The Morgan fingerprint density at radius 3 is 2.71 bits per heavy atom. The van der Waals surface area contributed by atoms with E-state index < -0.39 is 9.84 Å². The molecular weight excluding hydrogens is 290 g/mol. The molecule has 0 radical (unpaired) electrons. The molecule has 124 valence electrons. The molecule has 2 rings (SSSR count). The van der Waals surface area contributed by atoms with E-state index in [1.165, 1.54) is 0 Å². The van der Waals surface area contributed by atoms with Gasteiger partial charge in [-0.15, -0.1) is 0 Å². The summed E-state index contributed by atoms with van der Waals surface area (Å²) in [5.74, 6) is 1.37. The van der Waals surface area contributed by atoms with Gasteiger partial charge in [-0.2, -0.15) is 0 Å². The van der Waals surface area contributed by atoms with Crippen LogP contribution in [0.1, 0.15) is 32.6 Å². The second-order valence-electron chi connectivity index (χ2n) is 6.50. The predicted molar refractivity (Wildman–Crippen MR) is 83.2 cm³/mol. The summed E-state index contributed by atoms with van der Waals surface area (Å²) in [5, 5.41) is 3.40. The molecule has 0 spiro atoms. The zero-order valence-corrected chi connectivity index (χ0v) is 14.0. The summed E-state index contributed by atoms with van der Waals surface area (Å²) in [6.07, 6.45) is 4.67. The van der Waals surface area contributed by atoms with Gasteiger partial charge in [0.1, 0.15) is 0 Å². The summed E-state index contributed by atoms with van der Waals surface area (Å²) in [6, 6.07) is 0. The van der Waals surface area contributed by atoms with Crippen LogP contribution in [0, 0.1) is 11.8 Å². The van der Waals surface area contributed by atoms with Crippen LogP contribution in [0.25, 0.3) is 0 Å². The molecule has 2 aliphatic heterocycles. The van der Waals surface area contributed by atoms with Gasteiger partial charge in [-0.25, -0.2) is 8.42 Å². The lowest BCUT2D eigenvalue weighted by Gasteiger charge is -2.26. The van der Waals surface area contributed by atoms with Crippen LogP contribution in [0.4, 0.5) is 0 Å². The van der Waals surface area contributed by atoms with Crippen molar-refractivity contribution in [2.24, 2.45) is 11.8 Å². The fourth-order valence-electron chi connectivity index (χ4n) is 3.50. The summed E-state index contributed by atoms with van der Waals surface area (Å²) >= 11 is 0. The fourth-order valence-corrected chi connectivity index (χ4v) is 5.42. The topological polar surface area (TPSA) is 64.6 Å². The first kappa shape index (κ1) is 17.2. The quantitative estimate of drug-likeness (QED) is 0.682. The molecular formula is C15H29NO4S. The Balaban J connectivity index is 1.87. The minimum absolute atomic E-state index is 0.282. The van der Waals surface area contributed by atoms with Gasteiger partial charge in [0.15, 0.2) is 9.84 Å². The maximum Gasteiger partial charge on any atom is 0.150 e. The lowest BCUT2D eigenvalue weighted by atomic mass is 9.86. The highest BCUT2D eigenvalue weighted by Gasteiger charge is 2.35. The van der Waals surface area contributed by atoms with E-state index in [1.807, 2.05) is 0 Å². The number of methoxy groups -OCH3 is 1. The van der Waals surface area contributed by atoms with Gasteiger partial charge in [0.25, 0.3) is 0 Å². The lowest BCUT2D eigenvalue weighted by molar-refractivity contribution is 0.0353. The van der Waals surface area contributed by atoms with Gasteiger partial charge in [-0.05, 0) is 51.0 Å². The van der Waals surface area contributed by atoms with Crippen molar-refractivity contribution in [3.63, 3.8) is 0 Å². The largest absolute Gasteiger partial charge is 0.383 e. The van der Waals surface area contributed by atoms with Crippen molar-refractivity contribution >= 4 is 9.84 Å². The van der Waals surface area contributed by atoms with Crippen molar-refractivity contribution in [2.75, 3.05) is 38.3 Å². The molecule has 2 heterocycles. The first-order valence-electron chi connectivity index (χ1n) is 8.05. The van der Waals surface area contributed by atoms with E-state index in [1.54, 1.807) is 7.11 Å². The second-order valence-corrected chi connectivity index (χ2v) is 8.73. The average Bonchev–Trinajstić information content (AvgIpc) is 2.99. The third kappa shape index (κ3) is 5.51. The minimum Gasteiger partial charge on any atom is -0.383 e. The smallest absolute Gasteiger partial charge is 0.150 e. The van der Waals surface area contributed by atoms with Crippen LogP contribution in [0.15, 0.2) is 0 Å². The summed E-state index contributed by atoms with van der Waals surface area (Å²) in [4.78, 5) is 0. The Bertz CT molecular complexity index is 412. The molecule has 0 aromatic rings. The van der Waals surface area contributed by atoms with Crippen LogP contribution in [-0.4, -0.2) is 58.9 Å². The highest BCUT2D eigenvalue weighted by molar-refractivity contribution is 7.91. The summed E-state index contributed by atoms with van der Waals surface area (Å²) < 4.78 is 34.5. The molecule has 4 atom stereocenters. The molecule has 0 aromatic heterocycles. The average molecular weight is 319 g/mol. The van der Waals surface area contributed by atoms with Crippen LogP contribution < -0.4 is 5.32 Å². The van der Waals surface area contributed by atoms with Crippen molar-refractivity contribution in [3.8, 4) is 0 Å². The summed E-state index contributed by atoms with van der Waals surface area (Å²) in [6.45, 7) is 4.48. The maximum atomic E-state index is 11.7. The highest BCUT2D eigenvalue weighted by atomic mass is 32.2. The van der Waals surface area contributed by atoms with Crippen molar-refractivity contribution in [2.45, 2.75) is 44.8 Å². The van der Waals surface area contributed by atoms with Crippen LogP contribution in [0.3, 0.4) is 0 Å². The Hall–Kier alpha value is -0.170. The van der Waals surface area contributed by atoms with Crippen molar-refractivity contribution in [1.82, 2.24) is 5.32 Å². The Morgan fingerprint density at radius 1 is 1.33 bits per heavy atom. The predicted octanol–water partition coefficient (Wildman–Crippen LogP) is 1.23. The van der Waals surface area contributed by atoms with Gasteiger partial charge in [0.2, 0.25) is 0 Å². The van der Waals surface area contributed by atoms with E-state index in [0.29, 0.717) is 36.2 Å². The molecule has 2 fully saturated rings. The summed E-state index contributed by atoms with van der Waals surface area (Å²) in [5.41, 5.74) is 0. The first-order chi connectivity index (χ1) is 10.00. The van der Waals surface area contributed by atoms with Crippen molar-refractivity contribution in [3.05, 3.63) is 0 Å². The van der Waals surface area contributed by atoms with Crippen LogP contribution in [-0.2, 0) is 19.3 Å². The third-order valence-electron chi connectivity index (χ3n) is 4.71. The van der Waals surface area contributed by atoms with Crippen LogP contribution in [0.2, 0.25) is 0 Å². The number of hydrogen-bond acceptors (Lipinski definition) is 5. The molecule has 1 N–H and O–H groups in total. The maximum absolute atomic E-state index is 11.7. The standard InChI is InChI=1S/C15H29NO4S/c1-12-3-4-15(20-12)9-14(10-16-6-7-19-2)13-5-8-21(17,18)11-13/h12-16H,3-11H2,1-2H3. The monoisotopic (exact) mass is 319 g/mol. The lowest BCUT2D eigenvalue weighted by Crippen LogP contribution is -2.33. The van der Waals surface area contributed by atoms with E-state index in [2.05, 4.69) is 12.2 Å². The van der Waals surface area contributed by atoms with E-state index in [9.17, 15) is 8.42 Å². The number of nitrogens with one attached hydrogen (secondary N) is 1. The van der Waals surface area contributed by atoms with E-state index >= 15 is 0 Å². The molecule has 2 aliphatic rings. The Labute approximate surface area is 128 Å². The number of sulfone groups is 1. The van der Waals surface area contributed by atoms with Crippen LogP contribution >= 0.6 is 0 Å². The van der Waals surface area contributed by atoms with Gasteiger partial charge in [0, 0.05) is 13.7 Å². The Morgan fingerprint density at radius 2 is 2.14 bits per heavy atom. The van der Waals surface area contributed by atoms with Gasteiger partial charge in [-0.3, -0.25) is 0 Å². The molecule has 0 saturated carbocycles. The van der Waals surface area contributed by atoms with Gasteiger partial charge < -0.3 is 14.8 Å². The number of hydrogen-bond donors (Lipinski definition) is 1. The zero-order chi connectivity index (χ0) is 15.3. The highest BCUT2D eigenvalue weighted by Crippen LogP contribution is 2.32. The molecule has 0 amide bonds. The molecule has 2 saturated heterocycles. The third-order valence-corrected chi connectivity index (χ3v) is 6.50. The first-order valence-corrected chi connectivity index (χ1v) is 9.88. The number of ether oxygens (including phenoxy) is 2. The van der Waals surface area contributed by atoms with E-state index in [0.717, 1.165) is 38.8 Å². The zero-order valence-electron chi connectivity index (χ0n) is 13.2. The summed E-state index contributed by atoms with van der Waals surface area (Å²) in [7, 11) is -1.12. The molecule has 5 nitrogen and oxygen atoms in total.